The normalized spacial score (nSPS) is 22.1. The number of hydrogen-bond donors (Lipinski definition) is 2. The van der Waals surface area contributed by atoms with Crippen LogP contribution in [0.2, 0.25) is 0 Å². The van der Waals surface area contributed by atoms with Crippen LogP contribution in [0, 0.1) is 19.3 Å². The molecule has 0 radical (unpaired) electrons. The van der Waals surface area contributed by atoms with E-state index in [-0.39, 0.29) is 12.6 Å². The first-order valence-corrected chi connectivity index (χ1v) is 7.43. The summed E-state index contributed by atoms with van der Waals surface area (Å²) < 4.78 is 0. The van der Waals surface area contributed by atoms with Crippen molar-refractivity contribution in [1.29, 1.82) is 0 Å². The van der Waals surface area contributed by atoms with E-state index in [2.05, 4.69) is 10.3 Å². The molecule has 1 aliphatic rings. The molecule has 20 heavy (non-hydrogen) atoms. The molecule has 0 saturated carbocycles. The Kier molecular flexibility index (Phi) is 3.99. The van der Waals surface area contributed by atoms with Crippen LogP contribution in [0.25, 0.3) is 0 Å². The molecule has 1 aromatic rings. The van der Waals surface area contributed by atoms with Crippen molar-refractivity contribution in [3.63, 3.8) is 0 Å². The van der Waals surface area contributed by atoms with Crippen molar-refractivity contribution in [3.8, 4) is 0 Å². The third-order valence-corrected chi connectivity index (χ3v) is 5.00. The number of anilines is 1. The number of hydrogen-bond acceptors (Lipinski definition) is 4. The second-order valence-corrected chi connectivity index (χ2v) is 6.40. The number of carbonyl (C=O) groups is 2. The second-order valence-electron chi connectivity index (χ2n) is 5.20. The predicted molar refractivity (Wildman–Crippen MR) is 77.2 cm³/mol. The number of nitrogens with one attached hydrogen (secondary N) is 1. The quantitative estimate of drug-likeness (QED) is 0.898. The average molecular weight is 297 g/mol. The van der Waals surface area contributed by atoms with E-state index >= 15 is 0 Å². The van der Waals surface area contributed by atoms with Gasteiger partial charge in [-0.25, -0.2) is 9.78 Å². The van der Waals surface area contributed by atoms with Gasteiger partial charge < -0.3 is 10.0 Å². The van der Waals surface area contributed by atoms with Crippen LogP contribution in [0.5, 0.6) is 0 Å². The number of nitrogens with zero attached hydrogens (tertiary/aromatic N) is 2. The minimum atomic E-state index is -0.823. The predicted octanol–water partition coefficient (Wildman–Crippen LogP) is 2.48. The summed E-state index contributed by atoms with van der Waals surface area (Å²) in [5, 5.41) is 12.6. The lowest BCUT2D eigenvalue weighted by atomic mass is 9.84. The maximum absolute atomic E-state index is 12.2. The molecule has 0 aliphatic carbocycles. The van der Waals surface area contributed by atoms with E-state index in [1.807, 2.05) is 20.8 Å². The number of rotatable bonds is 3. The second kappa shape index (κ2) is 5.40. The van der Waals surface area contributed by atoms with E-state index in [0.717, 1.165) is 10.6 Å². The van der Waals surface area contributed by atoms with Crippen molar-refractivity contribution >= 4 is 28.5 Å². The molecule has 1 saturated heterocycles. The summed E-state index contributed by atoms with van der Waals surface area (Å²) in [7, 11) is 0. The molecule has 7 heteroatoms. The highest BCUT2D eigenvalue weighted by Gasteiger charge is 2.44. The molecule has 1 fully saturated rings. The van der Waals surface area contributed by atoms with Gasteiger partial charge in [0.1, 0.15) is 0 Å². The number of aryl methyl sites for hydroxylation is 2. The average Bonchev–Trinajstić information content (AvgIpc) is 2.95. The highest BCUT2D eigenvalue weighted by molar-refractivity contribution is 7.15. The van der Waals surface area contributed by atoms with E-state index in [4.69, 9.17) is 0 Å². The van der Waals surface area contributed by atoms with Gasteiger partial charge >= 0.3 is 12.0 Å². The Morgan fingerprint density at radius 1 is 1.50 bits per heavy atom. The van der Waals surface area contributed by atoms with Crippen molar-refractivity contribution in [3.05, 3.63) is 10.6 Å². The van der Waals surface area contributed by atoms with Gasteiger partial charge in [0.05, 0.1) is 11.1 Å². The van der Waals surface area contributed by atoms with Crippen LogP contribution in [0.15, 0.2) is 0 Å². The Labute approximate surface area is 121 Å². The van der Waals surface area contributed by atoms with Crippen LogP contribution in [0.1, 0.15) is 30.3 Å². The van der Waals surface area contributed by atoms with Gasteiger partial charge in [-0.3, -0.25) is 10.1 Å². The summed E-state index contributed by atoms with van der Waals surface area (Å²) in [6, 6.07) is -0.268. The number of aliphatic carboxylic acids is 1. The number of aromatic nitrogens is 1. The molecule has 2 amide bonds. The Morgan fingerprint density at radius 3 is 2.65 bits per heavy atom. The van der Waals surface area contributed by atoms with Gasteiger partial charge in [-0.1, -0.05) is 6.92 Å². The zero-order valence-electron chi connectivity index (χ0n) is 11.9. The van der Waals surface area contributed by atoms with E-state index in [0.29, 0.717) is 24.5 Å². The standard InChI is InChI=1S/C13H19N3O3S/c1-4-13(10(17)18)5-6-16(7-13)12(19)15-11-14-8(2)9(3)20-11/h4-7H2,1-3H3,(H,17,18)(H,14,15,19). The van der Waals surface area contributed by atoms with Gasteiger partial charge in [-0.2, -0.15) is 0 Å². The summed E-state index contributed by atoms with van der Waals surface area (Å²) >= 11 is 1.43. The van der Waals surface area contributed by atoms with Crippen LogP contribution in [-0.2, 0) is 4.79 Å². The number of likely N-dealkylation sites (tertiary alicyclic amines) is 1. The summed E-state index contributed by atoms with van der Waals surface area (Å²) in [4.78, 5) is 30.4. The van der Waals surface area contributed by atoms with Gasteiger partial charge in [0, 0.05) is 18.0 Å². The topological polar surface area (TPSA) is 82.5 Å². The number of thiazole rings is 1. The minimum Gasteiger partial charge on any atom is -0.481 e. The summed E-state index contributed by atoms with van der Waals surface area (Å²) in [5.41, 5.74) is 0.103. The first-order chi connectivity index (χ1) is 9.38. The van der Waals surface area contributed by atoms with Crippen molar-refractivity contribution in [2.75, 3.05) is 18.4 Å². The molecule has 1 aliphatic heterocycles. The molecule has 110 valence electrons. The SMILES string of the molecule is CCC1(C(=O)O)CCN(C(=O)Nc2nc(C)c(C)s2)C1. The maximum Gasteiger partial charge on any atom is 0.323 e. The first kappa shape index (κ1) is 14.8. The molecule has 1 atom stereocenters. The molecular weight excluding hydrogens is 278 g/mol. The number of carboxylic acid groups (broad SMARTS) is 1. The van der Waals surface area contributed by atoms with Crippen LogP contribution < -0.4 is 5.32 Å². The Bertz CT molecular complexity index is 523. The summed E-state index contributed by atoms with van der Waals surface area (Å²) in [5.74, 6) is -0.823. The number of carboxylic acids is 1. The van der Waals surface area contributed by atoms with E-state index in [9.17, 15) is 14.7 Å². The maximum atomic E-state index is 12.2. The van der Waals surface area contributed by atoms with E-state index in [1.165, 1.54) is 11.3 Å². The largest absolute Gasteiger partial charge is 0.481 e. The molecule has 1 unspecified atom stereocenters. The Morgan fingerprint density at radius 2 is 2.20 bits per heavy atom. The monoisotopic (exact) mass is 297 g/mol. The van der Waals surface area contributed by atoms with Gasteiger partial charge in [0.2, 0.25) is 0 Å². The Hall–Kier alpha value is -1.63. The molecular formula is C13H19N3O3S. The van der Waals surface area contributed by atoms with E-state index < -0.39 is 11.4 Å². The molecule has 0 spiro atoms. The van der Waals surface area contributed by atoms with Gasteiger partial charge in [-0.15, -0.1) is 11.3 Å². The number of amides is 2. The van der Waals surface area contributed by atoms with Gasteiger partial charge in [0.25, 0.3) is 0 Å². The molecule has 0 bridgehead atoms. The lowest BCUT2D eigenvalue weighted by Crippen LogP contribution is -2.38. The zero-order valence-corrected chi connectivity index (χ0v) is 12.7. The minimum absolute atomic E-state index is 0.258. The van der Waals surface area contributed by atoms with E-state index in [1.54, 1.807) is 4.90 Å². The Balaban J connectivity index is 2.03. The summed E-state index contributed by atoms with van der Waals surface area (Å²) in [6.45, 7) is 6.42. The molecule has 2 N–H and O–H groups in total. The molecule has 0 aromatic carbocycles. The zero-order chi connectivity index (χ0) is 14.9. The lowest BCUT2D eigenvalue weighted by Gasteiger charge is -2.22. The van der Waals surface area contributed by atoms with Gasteiger partial charge in [0.15, 0.2) is 5.13 Å². The third-order valence-electron chi connectivity index (χ3n) is 4.01. The van der Waals surface area contributed by atoms with Gasteiger partial charge in [-0.05, 0) is 26.7 Å². The highest BCUT2D eigenvalue weighted by atomic mass is 32.1. The number of urea groups is 1. The third kappa shape index (κ3) is 2.63. The molecule has 2 rings (SSSR count). The van der Waals surface area contributed by atoms with Crippen LogP contribution in [0.4, 0.5) is 9.93 Å². The van der Waals surface area contributed by atoms with Crippen LogP contribution in [-0.4, -0.2) is 40.1 Å². The first-order valence-electron chi connectivity index (χ1n) is 6.61. The fraction of sp³-hybridized carbons (Fsp3) is 0.615. The summed E-state index contributed by atoms with van der Waals surface area (Å²) in [6.07, 6.45) is 1.03. The molecule has 1 aromatic heterocycles. The fourth-order valence-electron chi connectivity index (χ4n) is 2.36. The van der Waals surface area contributed by atoms with Crippen molar-refractivity contribution in [1.82, 2.24) is 9.88 Å². The van der Waals surface area contributed by atoms with Crippen LogP contribution in [0.3, 0.4) is 0 Å². The van der Waals surface area contributed by atoms with Crippen LogP contribution >= 0.6 is 11.3 Å². The number of carbonyl (C=O) groups excluding carboxylic acids is 1. The van der Waals surface area contributed by atoms with Crippen molar-refractivity contribution < 1.29 is 14.7 Å². The molecule has 2 heterocycles. The fourth-order valence-corrected chi connectivity index (χ4v) is 3.16. The highest BCUT2D eigenvalue weighted by Crippen LogP contribution is 2.34. The molecule has 6 nitrogen and oxygen atoms in total. The van der Waals surface area contributed by atoms with Crippen molar-refractivity contribution in [2.24, 2.45) is 5.41 Å². The smallest absolute Gasteiger partial charge is 0.323 e. The van der Waals surface area contributed by atoms with Crippen molar-refractivity contribution in [2.45, 2.75) is 33.6 Å². The lowest BCUT2D eigenvalue weighted by molar-refractivity contribution is -0.148.